The normalized spacial score (nSPS) is 19.1. The van der Waals surface area contributed by atoms with Gasteiger partial charge in [0.15, 0.2) is 0 Å². The topological polar surface area (TPSA) is 6.48 Å². The number of benzene rings is 1. The van der Waals surface area contributed by atoms with Gasteiger partial charge in [-0.25, -0.2) is 0 Å². The van der Waals surface area contributed by atoms with Crippen molar-refractivity contribution in [1.82, 2.24) is 9.80 Å². The van der Waals surface area contributed by atoms with E-state index in [2.05, 4.69) is 60.9 Å². The van der Waals surface area contributed by atoms with Crippen LogP contribution in [-0.2, 0) is 6.54 Å². The van der Waals surface area contributed by atoms with Gasteiger partial charge in [-0.1, -0.05) is 37.3 Å². The molecule has 2 rings (SSSR count). The van der Waals surface area contributed by atoms with Crippen molar-refractivity contribution in [1.29, 1.82) is 0 Å². The van der Waals surface area contributed by atoms with Crippen LogP contribution in [-0.4, -0.2) is 41.5 Å². The van der Waals surface area contributed by atoms with Crippen molar-refractivity contribution in [2.75, 3.05) is 26.2 Å². The summed E-state index contributed by atoms with van der Waals surface area (Å²) in [5, 5.41) is 0. The quantitative estimate of drug-likeness (QED) is 0.806. The monoisotopic (exact) mass is 246 g/mol. The van der Waals surface area contributed by atoms with Crippen molar-refractivity contribution < 1.29 is 0 Å². The average Bonchev–Trinajstić information content (AvgIpc) is 2.40. The molecule has 0 atom stereocenters. The number of nitrogens with zero attached hydrogens (tertiary/aromatic N) is 2. The highest BCUT2D eigenvalue weighted by Gasteiger charge is 2.27. The molecule has 0 unspecified atom stereocenters. The van der Waals surface area contributed by atoms with Crippen LogP contribution in [0, 0.1) is 0 Å². The van der Waals surface area contributed by atoms with Crippen LogP contribution >= 0.6 is 0 Å². The molecule has 0 amide bonds. The zero-order valence-electron chi connectivity index (χ0n) is 12.0. The molecule has 18 heavy (non-hydrogen) atoms. The summed E-state index contributed by atoms with van der Waals surface area (Å²) >= 11 is 0. The second-order valence-electron chi connectivity index (χ2n) is 5.91. The van der Waals surface area contributed by atoms with E-state index in [1.165, 1.54) is 38.2 Å². The van der Waals surface area contributed by atoms with Crippen LogP contribution in [0.5, 0.6) is 0 Å². The second-order valence-corrected chi connectivity index (χ2v) is 5.91. The van der Waals surface area contributed by atoms with Gasteiger partial charge in [-0.3, -0.25) is 9.80 Å². The highest BCUT2D eigenvalue weighted by molar-refractivity contribution is 5.14. The maximum atomic E-state index is 2.63. The van der Waals surface area contributed by atoms with Gasteiger partial charge >= 0.3 is 0 Å². The molecular formula is C16H26N2. The lowest BCUT2D eigenvalue weighted by molar-refractivity contribution is 0.0471. The predicted octanol–water partition coefficient (Wildman–Crippen LogP) is 2.99. The zero-order chi connectivity index (χ0) is 13.0. The number of hydrogen-bond acceptors (Lipinski definition) is 2. The molecule has 0 bridgehead atoms. The molecule has 100 valence electrons. The first-order valence-electron chi connectivity index (χ1n) is 7.13. The number of rotatable bonds is 4. The van der Waals surface area contributed by atoms with Gasteiger partial charge in [0, 0.05) is 38.3 Å². The molecule has 1 fully saturated rings. The molecule has 0 radical (unpaired) electrons. The molecule has 0 aromatic heterocycles. The van der Waals surface area contributed by atoms with Crippen LogP contribution in [0.2, 0.25) is 0 Å². The lowest BCUT2D eigenvalue weighted by Crippen LogP contribution is -2.54. The van der Waals surface area contributed by atoms with Crippen molar-refractivity contribution in [3.8, 4) is 0 Å². The van der Waals surface area contributed by atoms with Gasteiger partial charge in [-0.2, -0.15) is 0 Å². The van der Waals surface area contributed by atoms with E-state index in [4.69, 9.17) is 0 Å². The van der Waals surface area contributed by atoms with E-state index in [0.29, 0.717) is 5.54 Å². The van der Waals surface area contributed by atoms with Gasteiger partial charge < -0.3 is 0 Å². The van der Waals surface area contributed by atoms with Gasteiger partial charge in [0.05, 0.1) is 0 Å². The van der Waals surface area contributed by atoms with Crippen LogP contribution < -0.4 is 0 Å². The molecule has 1 heterocycles. The molecule has 1 aromatic carbocycles. The second kappa shape index (κ2) is 5.85. The summed E-state index contributed by atoms with van der Waals surface area (Å²) in [5.41, 5.74) is 1.79. The summed E-state index contributed by atoms with van der Waals surface area (Å²) in [5.74, 6) is 0. The Kier molecular flexibility index (Phi) is 4.41. The molecule has 0 aliphatic carbocycles. The summed E-state index contributed by atoms with van der Waals surface area (Å²) in [6.07, 6.45) is 1.23. The highest BCUT2D eigenvalue weighted by Crippen LogP contribution is 2.20. The fraction of sp³-hybridized carbons (Fsp3) is 0.625. The first kappa shape index (κ1) is 13.6. The lowest BCUT2D eigenvalue weighted by Gasteiger charge is -2.43. The first-order chi connectivity index (χ1) is 8.62. The van der Waals surface area contributed by atoms with Crippen LogP contribution in [0.3, 0.4) is 0 Å². The van der Waals surface area contributed by atoms with Crippen LogP contribution in [0.1, 0.15) is 32.8 Å². The molecule has 1 aliphatic heterocycles. The largest absolute Gasteiger partial charge is 0.297 e. The summed E-state index contributed by atoms with van der Waals surface area (Å²) in [6.45, 7) is 12.9. The SMILES string of the molecule is CCC(C)(C)N1CCN(Cc2ccccc2)CC1. The highest BCUT2D eigenvalue weighted by atomic mass is 15.3. The Morgan fingerprint density at radius 1 is 1.00 bits per heavy atom. The van der Waals surface area contributed by atoms with Gasteiger partial charge in [0.25, 0.3) is 0 Å². The third kappa shape index (κ3) is 3.33. The average molecular weight is 246 g/mol. The number of hydrogen-bond donors (Lipinski definition) is 0. The molecule has 1 aromatic rings. The van der Waals surface area contributed by atoms with Gasteiger partial charge in [-0.05, 0) is 25.8 Å². The maximum Gasteiger partial charge on any atom is 0.0234 e. The van der Waals surface area contributed by atoms with Crippen LogP contribution in [0.25, 0.3) is 0 Å². The minimum Gasteiger partial charge on any atom is -0.297 e. The third-order valence-electron chi connectivity index (χ3n) is 4.34. The summed E-state index contributed by atoms with van der Waals surface area (Å²) in [6, 6.07) is 10.8. The Labute approximate surface area is 112 Å². The molecule has 0 N–H and O–H groups in total. The summed E-state index contributed by atoms with van der Waals surface area (Å²) in [7, 11) is 0. The minimum atomic E-state index is 0.360. The van der Waals surface area contributed by atoms with Crippen molar-refractivity contribution in [2.24, 2.45) is 0 Å². The van der Waals surface area contributed by atoms with Gasteiger partial charge in [0.1, 0.15) is 0 Å². The van der Waals surface area contributed by atoms with Gasteiger partial charge in [-0.15, -0.1) is 0 Å². The third-order valence-corrected chi connectivity index (χ3v) is 4.34. The molecule has 0 saturated carbocycles. The molecule has 1 saturated heterocycles. The van der Waals surface area contributed by atoms with Crippen molar-refractivity contribution >= 4 is 0 Å². The van der Waals surface area contributed by atoms with E-state index in [1.807, 2.05) is 0 Å². The minimum absolute atomic E-state index is 0.360. The van der Waals surface area contributed by atoms with Crippen molar-refractivity contribution in [2.45, 2.75) is 39.3 Å². The Balaban J connectivity index is 1.84. The Hall–Kier alpha value is -0.860. The number of piperazine rings is 1. The smallest absolute Gasteiger partial charge is 0.0234 e. The van der Waals surface area contributed by atoms with Gasteiger partial charge in [0.2, 0.25) is 0 Å². The maximum absolute atomic E-state index is 2.63. The first-order valence-corrected chi connectivity index (χ1v) is 7.13. The van der Waals surface area contributed by atoms with E-state index in [0.717, 1.165) is 6.54 Å². The Bertz CT molecular complexity index is 351. The summed E-state index contributed by atoms with van der Waals surface area (Å²) < 4.78 is 0. The van der Waals surface area contributed by atoms with E-state index >= 15 is 0 Å². The fourth-order valence-electron chi connectivity index (χ4n) is 2.58. The summed E-state index contributed by atoms with van der Waals surface area (Å²) in [4.78, 5) is 5.20. The van der Waals surface area contributed by atoms with E-state index < -0.39 is 0 Å². The predicted molar refractivity (Wildman–Crippen MR) is 77.7 cm³/mol. The van der Waals surface area contributed by atoms with E-state index in [1.54, 1.807) is 0 Å². The molecule has 2 heteroatoms. The Morgan fingerprint density at radius 2 is 1.61 bits per heavy atom. The zero-order valence-corrected chi connectivity index (χ0v) is 12.0. The fourth-order valence-corrected chi connectivity index (χ4v) is 2.58. The Morgan fingerprint density at radius 3 is 2.17 bits per heavy atom. The van der Waals surface area contributed by atoms with E-state index in [-0.39, 0.29) is 0 Å². The molecular weight excluding hydrogens is 220 g/mol. The van der Waals surface area contributed by atoms with Crippen molar-refractivity contribution in [3.63, 3.8) is 0 Å². The van der Waals surface area contributed by atoms with Crippen LogP contribution in [0.4, 0.5) is 0 Å². The lowest BCUT2D eigenvalue weighted by atomic mass is 9.98. The van der Waals surface area contributed by atoms with Crippen molar-refractivity contribution in [3.05, 3.63) is 35.9 Å². The standard InChI is InChI=1S/C16H26N2/c1-4-16(2,3)18-12-10-17(11-13-18)14-15-8-6-5-7-9-15/h5-9H,4,10-14H2,1-3H3. The molecule has 2 nitrogen and oxygen atoms in total. The molecule has 0 spiro atoms. The van der Waals surface area contributed by atoms with Crippen LogP contribution in [0.15, 0.2) is 30.3 Å². The molecule has 1 aliphatic rings. The van der Waals surface area contributed by atoms with E-state index in [9.17, 15) is 0 Å².